The first-order valence-electron chi connectivity index (χ1n) is 7.34. The van der Waals surface area contributed by atoms with E-state index >= 15 is 0 Å². The van der Waals surface area contributed by atoms with Crippen LogP contribution in [0.2, 0.25) is 0 Å². The van der Waals surface area contributed by atoms with Gasteiger partial charge in [0, 0.05) is 52.0 Å². The Balaban J connectivity index is 1.56. The van der Waals surface area contributed by atoms with Crippen molar-refractivity contribution in [2.45, 2.75) is 6.54 Å². The van der Waals surface area contributed by atoms with Crippen LogP contribution in [0.4, 0.5) is 0 Å². The summed E-state index contributed by atoms with van der Waals surface area (Å²) in [5.41, 5.74) is 1.01. The van der Waals surface area contributed by atoms with Crippen molar-refractivity contribution in [1.82, 2.24) is 14.4 Å². The second-order valence-electron chi connectivity index (χ2n) is 5.53. The van der Waals surface area contributed by atoms with Gasteiger partial charge in [0.05, 0.1) is 6.26 Å². The fourth-order valence-corrected chi connectivity index (χ4v) is 2.61. The Kier molecular flexibility index (Phi) is 4.11. The van der Waals surface area contributed by atoms with E-state index in [1.54, 1.807) is 40.9 Å². The molecule has 1 amide bonds. The van der Waals surface area contributed by atoms with Gasteiger partial charge in [-0.3, -0.25) is 14.5 Å². The average Bonchev–Trinajstić information content (AvgIpc) is 3.05. The predicted molar refractivity (Wildman–Crippen MR) is 81.6 cm³/mol. The van der Waals surface area contributed by atoms with Crippen LogP contribution < -0.4 is 5.56 Å². The van der Waals surface area contributed by atoms with Crippen molar-refractivity contribution in [2.75, 3.05) is 26.2 Å². The molecule has 0 spiro atoms. The van der Waals surface area contributed by atoms with Crippen molar-refractivity contribution in [3.8, 4) is 0 Å². The van der Waals surface area contributed by atoms with E-state index in [1.165, 1.54) is 6.26 Å². The lowest BCUT2D eigenvalue weighted by Gasteiger charge is -2.34. The molecule has 0 saturated carbocycles. The number of nitrogens with zero attached hydrogens (tertiary/aromatic N) is 3. The summed E-state index contributed by atoms with van der Waals surface area (Å²) < 4.78 is 6.71. The summed E-state index contributed by atoms with van der Waals surface area (Å²) in [7, 11) is 1.74. The molecule has 0 bridgehead atoms. The van der Waals surface area contributed by atoms with Crippen molar-refractivity contribution in [3.63, 3.8) is 0 Å². The van der Waals surface area contributed by atoms with Gasteiger partial charge >= 0.3 is 0 Å². The maximum absolute atomic E-state index is 12.2. The van der Waals surface area contributed by atoms with E-state index < -0.39 is 0 Å². The largest absolute Gasteiger partial charge is 0.459 e. The van der Waals surface area contributed by atoms with Crippen LogP contribution >= 0.6 is 0 Å². The molecule has 2 aromatic heterocycles. The summed E-state index contributed by atoms with van der Waals surface area (Å²) in [6, 6.07) is 7.04. The lowest BCUT2D eigenvalue weighted by molar-refractivity contribution is 0.0597. The van der Waals surface area contributed by atoms with Crippen LogP contribution in [0.5, 0.6) is 0 Å². The van der Waals surface area contributed by atoms with Crippen LogP contribution in [0.25, 0.3) is 0 Å². The van der Waals surface area contributed by atoms with Crippen molar-refractivity contribution < 1.29 is 9.21 Å². The van der Waals surface area contributed by atoms with Crippen molar-refractivity contribution in [1.29, 1.82) is 0 Å². The SMILES string of the molecule is Cn1ccc(CN2CCN(C(=O)c3ccco3)CC2)cc1=O. The van der Waals surface area contributed by atoms with Gasteiger partial charge in [-0.2, -0.15) is 0 Å². The molecule has 0 aromatic carbocycles. The van der Waals surface area contributed by atoms with Crippen molar-refractivity contribution >= 4 is 5.91 Å². The molecule has 1 saturated heterocycles. The molecule has 1 aliphatic heterocycles. The van der Waals surface area contributed by atoms with E-state index in [0.29, 0.717) is 18.8 Å². The molecule has 0 atom stereocenters. The average molecular weight is 301 g/mol. The highest BCUT2D eigenvalue weighted by Gasteiger charge is 2.23. The minimum absolute atomic E-state index is 0.00383. The minimum Gasteiger partial charge on any atom is -0.459 e. The van der Waals surface area contributed by atoms with Gasteiger partial charge in [-0.15, -0.1) is 0 Å². The van der Waals surface area contributed by atoms with E-state index in [2.05, 4.69) is 4.90 Å². The quantitative estimate of drug-likeness (QED) is 0.846. The first-order valence-corrected chi connectivity index (χ1v) is 7.34. The van der Waals surface area contributed by atoms with Gasteiger partial charge in [0.1, 0.15) is 0 Å². The van der Waals surface area contributed by atoms with Crippen molar-refractivity contribution in [2.24, 2.45) is 7.05 Å². The third kappa shape index (κ3) is 3.12. The third-order valence-corrected chi connectivity index (χ3v) is 3.97. The number of furan rings is 1. The Labute approximate surface area is 128 Å². The standard InChI is InChI=1S/C16H19N3O3/c1-17-5-4-13(11-15(17)20)12-18-6-8-19(9-7-18)16(21)14-3-2-10-22-14/h2-5,10-11H,6-9,12H2,1H3. The summed E-state index contributed by atoms with van der Waals surface area (Å²) in [6.45, 7) is 3.66. The summed E-state index contributed by atoms with van der Waals surface area (Å²) >= 11 is 0. The molecule has 1 aliphatic rings. The topological polar surface area (TPSA) is 58.7 Å². The summed E-state index contributed by atoms with van der Waals surface area (Å²) in [4.78, 5) is 27.9. The van der Waals surface area contributed by atoms with Crippen LogP contribution in [0.3, 0.4) is 0 Å². The molecule has 3 rings (SSSR count). The third-order valence-electron chi connectivity index (χ3n) is 3.97. The zero-order valence-corrected chi connectivity index (χ0v) is 12.6. The molecule has 116 valence electrons. The van der Waals surface area contributed by atoms with Crippen LogP contribution in [0.1, 0.15) is 16.1 Å². The minimum atomic E-state index is -0.0572. The molecule has 0 unspecified atom stereocenters. The van der Waals surface area contributed by atoms with Gasteiger partial charge in [-0.1, -0.05) is 0 Å². The van der Waals surface area contributed by atoms with E-state index in [0.717, 1.165) is 25.2 Å². The molecular weight excluding hydrogens is 282 g/mol. The zero-order chi connectivity index (χ0) is 15.5. The molecule has 0 aliphatic carbocycles. The number of aromatic nitrogens is 1. The Morgan fingerprint density at radius 2 is 2.00 bits per heavy atom. The highest BCUT2D eigenvalue weighted by molar-refractivity contribution is 5.91. The van der Waals surface area contributed by atoms with Crippen LogP contribution in [0.15, 0.2) is 45.9 Å². The lowest BCUT2D eigenvalue weighted by atomic mass is 10.2. The number of rotatable bonds is 3. The molecule has 6 nitrogen and oxygen atoms in total. The molecule has 3 heterocycles. The Morgan fingerprint density at radius 1 is 1.23 bits per heavy atom. The van der Waals surface area contributed by atoms with Gasteiger partial charge in [0.2, 0.25) is 0 Å². The van der Waals surface area contributed by atoms with Crippen molar-refractivity contribution in [3.05, 3.63) is 58.4 Å². The Morgan fingerprint density at radius 3 is 2.64 bits per heavy atom. The lowest BCUT2D eigenvalue weighted by Crippen LogP contribution is -2.48. The van der Waals surface area contributed by atoms with Gasteiger partial charge in [0.15, 0.2) is 5.76 Å². The highest BCUT2D eigenvalue weighted by atomic mass is 16.3. The van der Waals surface area contributed by atoms with Gasteiger partial charge in [-0.25, -0.2) is 0 Å². The maximum Gasteiger partial charge on any atom is 0.289 e. The second kappa shape index (κ2) is 6.19. The number of carbonyl (C=O) groups excluding carboxylic acids is 1. The highest BCUT2D eigenvalue weighted by Crippen LogP contribution is 2.11. The normalized spacial score (nSPS) is 16.0. The Hall–Kier alpha value is -2.34. The molecular formula is C16H19N3O3. The summed E-state index contributed by atoms with van der Waals surface area (Å²) in [5, 5.41) is 0. The number of hydrogen-bond donors (Lipinski definition) is 0. The number of amides is 1. The summed E-state index contributed by atoms with van der Waals surface area (Å²) in [6.07, 6.45) is 3.30. The molecule has 0 radical (unpaired) electrons. The van der Waals surface area contributed by atoms with Gasteiger partial charge < -0.3 is 13.9 Å². The molecule has 1 fully saturated rings. The summed E-state index contributed by atoms with van der Waals surface area (Å²) in [5.74, 6) is 0.332. The number of aryl methyl sites for hydroxylation is 1. The molecule has 0 N–H and O–H groups in total. The van der Waals surface area contributed by atoms with E-state index in [9.17, 15) is 9.59 Å². The first kappa shape index (κ1) is 14.6. The van der Waals surface area contributed by atoms with Crippen LogP contribution in [0, 0.1) is 0 Å². The molecule has 6 heteroatoms. The monoisotopic (exact) mass is 301 g/mol. The fraction of sp³-hybridized carbons (Fsp3) is 0.375. The van der Waals surface area contributed by atoms with E-state index in [1.807, 2.05) is 6.07 Å². The zero-order valence-electron chi connectivity index (χ0n) is 12.6. The van der Waals surface area contributed by atoms with Crippen LogP contribution in [-0.4, -0.2) is 46.5 Å². The van der Waals surface area contributed by atoms with E-state index in [4.69, 9.17) is 4.42 Å². The number of hydrogen-bond acceptors (Lipinski definition) is 4. The number of pyridine rings is 1. The van der Waals surface area contributed by atoms with Gasteiger partial charge in [-0.05, 0) is 23.8 Å². The smallest absolute Gasteiger partial charge is 0.289 e. The van der Waals surface area contributed by atoms with Crippen LogP contribution in [-0.2, 0) is 13.6 Å². The molecule has 2 aromatic rings. The second-order valence-corrected chi connectivity index (χ2v) is 5.53. The van der Waals surface area contributed by atoms with E-state index in [-0.39, 0.29) is 11.5 Å². The molecule has 22 heavy (non-hydrogen) atoms. The fourth-order valence-electron chi connectivity index (χ4n) is 2.61. The maximum atomic E-state index is 12.2. The number of carbonyl (C=O) groups is 1. The Bertz CT molecular complexity index is 698. The van der Waals surface area contributed by atoms with Gasteiger partial charge in [0.25, 0.3) is 11.5 Å². The number of piperazine rings is 1. The predicted octanol–water partition coefficient (Wildman–Crippen LogP) is 0.936. The first-order chi connectivity index (χ1) is 10.6.